The van der Waals surface area contributed by atoms with Crippen molar-refractivity contribution < 1.29 is 33.9 Å². The first-order valence-electron chi connectivity index (χ1n) is 20.8. The highest BCUT2D eigenvalue weighted by atomic mass is 16.3. The zero-order chi connectivity index (χ0) is 40.4. The first-order chi connectivity index (χ1) is 26.8. The van der Waals surface area contributed by atoms with Gasteiger partial charge in [0, 0.05) is 56.1 Å². The zero-order valence-electron chi connectivity index (χ0n) is 33.2. The Bertz CT molecular complexity index is 1540. The molecule has 10 N–H and O–H groups in total. The molecule has 1 aromatic carbocycles. The van der Waals surface area contributed by atoms with E-state index in [1.807, 2.05) is 20.9 Å². The number of aromatic hydroxyl groups is 1. The summed E-state index contributed by atoms with van der Waals surface area (Å²) < 4.78 is 0. The molecule has 8 unspecified atom stereocenters. The number of rotatable bonds is 18. The molecule has 3 saturated carbocycles. The Balaban J connectivity index is 1.17. The number of carbonyl (C=O) groups excluding carboxylic acids is 6. The average Bonchev–Trinajstić information content (AvgIpc) is 3.96. The summed E-state index contributed by atoms with van der Waals surface area (Å²) in [6.45, 7) is 5.00. The van der Waals surface area contributed by atoms with Gasteiger partial charge in [0.05, 0.1) is 29.7 Å². The summed E-state index contributed by atoms with van der Waals surface area (Å²) in [5.74, 6) is -2.66. The van der Waals surface area contributed by atoms with Crippen LogP contribution in [0.3, 0.4) is 0 Å². The van der Waals surface area contributed by atoms with Crippen LogP contribution in [0, 0.1) is 29.6 Å². The van der Waals surface area contributed by atoms with E-state index in [2.05, 4.69) is 37.2 Å². The van der Waals surface area contributed by atoms with E-state index in [9.17, 15) is 33.9 Å². The molecule has 1 heterocycles. The number of hydrogen-bond donors (Lipinski definition) is 9. The third kappa shape index (κ3) is 11.9. The van der Waals surface area contributed by atoms with Crippen LogP contribution in [0.15, 0.2) is 24.3 Å². The lowest BCUT2D eigenvalue weighted by Crippen LogP contribution is -2.52. The van der Waals surface area contributed by atoms with Crippen LogP contribution in [0.5, 0.6) is 5.75 Å². The molecule has 4 fully saturated rings. The van der Waals surface area contributed by atoms with Crippen LogP contribution >= 0.6 is 0 Å². The third-order valence-electron chi connectivity index (χ3n) is 12.3. The van der Waals surface area contributed by atoms with Gasteiger partial charge in [-0.2, -0.15) is 0 Å². The molecule has 1 aliphatic heterocycles. The van der Waals surface area contributed by atoms with Crippen molar-refractivity contribution in [2.24, 2.45) is 35.3 Å². The molecule has 15 heteroatoms. The Kier molecular flexibility index (Phi) is 15.5. The van der Waals surface area contributed by atoms with Crippen LogP contribution in [-0.2, 0) is 35.2 Å². The van der Waals surface area contributed by atoms with E-state index in [-0.39, 0.29) is 78.1 Å². The maximum Gasteiger partial charge on any atom is 0.226 e. The summed E-state index contributed by atoms with van der Waals surface area (Å²) >= 11 is 0. The zero-order valence-corrected chi connectivity index (χ0v) is 33.2. The van der Waals surface area contributed by atoms with Crippen molar-refractivity contribution in [3.63, 3.8) is 0 Å². The van der Waals surface area contributed by atoms with E-state index < -0.39 is 41.8 Å². The minimum absolute atomic E-state index is 0.0208. The van der Waals surface area contributed by atoms with Gasteiger partial charge in [0.25, 0.3) is 0 Å². The number of primary amides is 1. The minimum atomic E-state index is -0.579. The Labute approximate surface area is 330 Å². The highest BCUT2D eigenvalue weighted by Gasteiger charge is 2.40. The SMILES string of the molecule is CNC1CCCC1C(=O)NC1CNCC1C(=O)N[C@H](CC(=O)NC1CCCC1C(=O)N[C@H](CC(=O)NC1CCCC1C(N)=O)Cc1ccc(O)cc1)CC(C)C. The molecule has 0 spiro atoms. The lowest BCUT2D eigenvalue weighted by molar-refractivity contribution is -0.129. The lowest BCUT2D eigenvalue weighted by atomic mass is 9.96. The lowest BCUT2D eigenvalue weighted by Gasteiger charge is -2.28. The van der Waals surface area contributed by atoms with Gasteiger partial charge in [-0.15, -0.1) is 0 Å². The van der Waals surface area contributed by atoms with Crippen molar-refractivity contribution in [1.82, 2.24) is 37.2 Å². The van der Waals surface area contributed by atoms with Crippen LogP contribution < -0.4 is 43.0 Å². The molecule has 3 aliphatic carbocycles. The second-order valence-electron chi connectivity index (χ2n) is 17.0. The second-order valence-corrected chi connectivity index (χ2v) is 17.0. The van der Waals surface area contributed by atoms with Crippen molar-refractivity contribution in [3.8, 4) is 5.75 Å². The molecule has 0 aromatic heterocycles. The monoisotopic (exact) mass is 780 g/mol. The second kappa shape index (κ2) is 20.3. The van der Waals surface area contributed by atoms with Crippen molar-refractivity contribution in [3.05, 3.63) is 29.8 Å². The predicted octanol–water partition coefficient (Wildman–Crippen LogP) is 0.878. The molecule has 6 amide bonds. The van der Waals surface area contributed by atoms with Crippen LogP contribution in [0.4, 0.5) is 0 Å². The summed E-state index contributed by atoms with van der Waals surface area (Å²) in [6, 6.07) is 4.63. The normalized spacial score (nSPS) is 28.4. The molecule has 310 valence electrons. The van der Waals surface area contributed by atoms with Gasteiger partial charge < -0.3 is 48.1 Å². The molecule has 0 bridgehead atoms. The van der Waals surface area contributed by atoms with Gasteiger partial charge in [-0.3, -0.25) is 28.8 Å². The Morgan fingerprint density at radius 1 is 0.679 bits per heavy atom. The fraction of sp³-hybridized carbons (Fsp3) is 0.707. The van der Waals surface area contributed by atoms with Gasteiger partial charge in [-0.1, -0.05) is 45.2 Å². The number of nitrogens with one attached hydrogen (secondary N) is 7. The van der Waals surface area contributed by atoms with Gasteiger partial charge in [0.1, 0.15) is 5.75 Å². The van der Waals surface area contributed by atoms with Crippen molar-refractivity contribution in [1.29, 1.82) is 0 Å². The highest BCUT2D eigenvalue weighted by Crippen LogP contribution is 2.29. The van der Waals surface area contributed by atoms with E-state index >= 15 is 0 Å². The van der Waals surface area contributed by atoms with Crippen molar-refractivity contribution in [2.45, 2.75) is 134 Å². The highest BCUT2D eigenvalue weighted by molar-refractivity contribution is 5.86. The van der Waals surface area contributed by atoms with E-state index in [0.717, 1.165) is 37.7 Å². The molecule has 15 nitrogen and oxygen atoms in total. The largest absolute Gasteiger partial charge is 0.508 e. The number of carbonyl (C=O) groups is 6. The maximum absolute atomic E-state index is 13.9. The van der Waals surface area contributed by atoms with E-state index in [1.54, 1.807) is 24.3 Å². The molecule has 10 atom stereocenters. The van der Waals surface area contributed by atoms with Gasteiger partial charge in [-0.25, -0.2) is 0 Å². The minimum Gasteiger partial charge on any atom is -0.508 e. The summed E-state index contributed by atoms with van der Waals surface area (Å²) in [7, 11) is 1.87. The van der Waals surface area contributed by atoms with Crippen molar-refractivity contribution >= 4 is 35.4 Å². The smallest absolute Gasteiger partial charge is 0.226 e. The summed E-state index contributed by atoms with van der Waals surface area (Å²) in [5, 5.41) is 31.6. The maximum atomic E-state index is 13.9. The standard InChI is InChI=1S/C41H64N8O7/c1-23(2)17-25(45-41(56)31-21-44-22-35(31)49-40(55)29-8-5-10-32(29)43-3)19-36(51)48-34-12-6-9-30(34)39(54)46-26(18-24-13-15-27(50)16-14-24)20-37(52)47-33-11-4-7-28(33)38(42)53/h13-16,23,25-26,28-35,43-44,50H,4-12,17-22H2,1-3H3,(H2,42,53)(H,45,56)(H,46,54)(H,47,52)(H,48,51)(H,49,55)/t25-,26-,28?,29?,30?,31?,32?,33?,34?,35?/m0/s1. The Morgan fingerprint density at radius 2 is 1.21 bits per heavy atom. The number of nitrogens with two attached hydrogens (primary N) is 1. The summed E-state index contributed by atoms with van der Waals surface area (Å²) in [6.07, 6.45) is 7.73. The summed E-state index contributed by atoms with van der Waals surface area (Å²) in [5.41, 5.74) is 6.39. The number of amides is 6. The number of hydrogen-bond acceptors (Lipinski definition) is 9. The van der Waals surface area contributed by atoms with Crippen LogP contribution in [0.1, 0.15) is 96.5 Å². The quantitative estimate of drug-likeness (QED) is 0.103. The predicted molar refractivity (Wildman–Crippen MR) is 211 cm³/mol. The summed E-state index contributed by atoms with van der Waals surface area (Å²) in [4.78, 5) is 79.4. The van der Waals surface area contributed by atoms with E-state index in [4.69, 9.17) is 5.73 Å². The average molecular weight is 781 g/mol. The first-order valence-corrected chi connectivity index (χ1v) is 20.8. The first kappa shape index (κ1) is 42.9. The van der Waals surface area contributed by atoms with Crippen molar-refractivity contribution in [2.75, 3.05) is 20.1 Å². The molecule has 5 rings (SSSR count). The molecular weight excluding hydrogens is 716 g/mol. The Hall–Kier alpha value is -4.24. The molecule has 1 aromatic rings. The van der Waals surface area contributed by atoms with Gasteiger partial charge in [0.15, 0.2) is 0 Å². The Morgan fingerprint density at radius 3 is 1.82 bits per heavy atom. The number of benzene rings is 1. The molecule has 56 heavy (non-hydrogen) atoms. The third-order valence-corrected chi connectivity index (χ3v) is 12.3. The van der Waals surface area contributed by atoms with Gasteiger partial charge >= 0.3 is 0 Å². The number of phenolic OH excluding ortho intramolecular Hbond substituents is 1. The van der Waals surface area contributed by atoms with Crippen LogP contribution in [-0.4, -0.2) is 96.9 Å². The van der Waals surface area contributed by atoms with E-state index in [1.165, 1.54) is 0 Å². The molecule has 4 aliphatic rings. The van der Waals surface area contributed by atoms with Gasteiger partial charge in [-0.05, 0) is 82.0 Å². The fourth-order valence-corrected chi connectivity index (χ4v) is 9.38. The van der Waals surface area contributed by atoms with Gasteiger partial charge in [0.2, 0.25) is 35.4 Å². The molecular formula is C41H64N8O7. The van der Waals surface area contributed by atoms with Crippen LogP contribution in [0.25, 0.3) is 0 Å². The number of phenols is 1. The van der Waals surface area contributed by atoms with Crippen LogP contribution in [0.2, 0.25) is 0 Å². The molecule has 1 saturated heterocycles. The molecule has 0 radical (unpaired) electrons. The topological polar surface area (TPSA) is 233 Å². The van der Waals surface area contributed by atoms with E-state index in [0.29, 0.717) is 51.6 Å². The fourth-order valence-electron chi connectivity index (χ4n) is 9.38.